The Balaban J connectivity index is 0.00000338. The number of carbonyl (C=O) groups excluding carboxylic acids is 2. The minimum Gasteiger partial charge on any atom is -0.339 e. The fraction of sp³-hybridized carbons (Fsp3) is 0.579. The van der Waals surface area contributed by atoms with E-state index in [0.717, 1.165) is 30.5 Å². The van der Waals surface area contributed by atoms with Crippen molar-refractivity contribution in [3.05, 3.63) is 29.8 Å². The number of para-hydroxylation sites is 1. The van der Waals surface area contributed by atoms with Crippen LogP contribution in [0, 0.1) is 0 Å². The highest BCUT2D eigenvalue weighted by atomic mass is 35.5. The van der Waals surface area contributed by atoms with E-state index in [9.17, 15) is 9.59 Å². The first kappa shape index (κ1) is 22.4. The average molecular weight is 383 g/mol. The molecule has 2 amide bonds. The largest absolute Gasteiger partial charge is 0.339 e. The minimum atomic E-state index is -0.398. The van der Waals surface area contributed by atoms with Crippen LogP contribution >= 0.6 is 12.4 Å². The molecule has 2 rings (SSSR count). The zero-order valence-corrected chi connectivity index (χ0v) is 16.6. The van der Waals surface area contributed by atoms with Gasteiger partial charge in [0.05, 0.1) is 12.6 Å². The Morgan fingerprint density at radius 3 is 2.42 bits per heavy atom. The number of nitrogens with one attached hydrogen (secondary N) is 1. The van der Waals surface area contributed by atoms with Gasteiger partial charge in [0.15, 0.2) is 0 Å². The highest BCUT2D eigenvalue weighted by Gasteiger charge is 2.25. The van der Waals surface area contributed by atoms with Crippen molar-refractivity contribution in [3.8, 4) is 0 Å². The first-order chi connectivity index (χ1) is 12.0. The van der Waals surface area contributed by atoms with E-state index < -0.39 is 6.04 Å². The maximum atomic E-state index is 12.3. The number of nitrogens with zero attached hydrogens (tertiary/aromatic N) is 2. The van der Waals surface area contributed by atoms with Gasteiger partial charge in [-0.25, -0.2) is 0 Å². The SMILES string of the molecule is CCCC(N)C(=O)N1CCN(CC(=O)Nc2ccccc2CC)CC1.Cl. The topological polar surface area (TPSA) is 78.7 Å². The maximum absolute atomic E-state index is 12.3. The Morgan fingerprint density at radius 2 is 1.81 bits per heavy atom. The van der Waals surface area contributed by atoms with Crippen LogP contribution in [0.15, 0.2) is 24.3 Å². The molecule has 26 heavy (non-hydrogen) atoms. The zero-order chi connectivity index (χ0) is 18.2. The van der Waals surface area contributed by atoms with E-state index in [0.29, 0.717) is 32.7 Å². The maximum Gasteiger partial charge on any atom is 0.239 e. The molecule has 1 aliphatic heterocycles. The molecule has 1 aromatic carbocycles. The van der Waals surface area contributed by atoms with Crippen molar-refractivity contribution in [1.29, 1.82) is 0 Å². The van der Waals surface area contributed by atoms with Gasteiger partial charge in [0.25, 0.3) is 0 Å². The lowest BCUT2D eigenvalue weighted by atomic mass is 10.1. The number of nitrogens with two attached hydrogens (primary N) is 1. The molecule has 0 spiro atoms. The van der Waals surface area contributed by atoms with Gasteiger partial charge in [-0.3, -0.25) is 14.5 Å². The second-order valence-corrected chi connectivity index (χ2v) is 6.56. The lowest BCUT2D eigenvalue weighted by molar-refractivity contribution is -0.134. The molecule has 0 radical (unpaired) electrons. The van der Waals surface area contributed by atoms with Gasteiger partial charge in [0.2, 0.25) is 11.8 Å². The summed E-state index contributed by atoms with van der Waals surface area (Å²) in [6.45, 7) is 7.12. The van der Waals surface area contributed by atoms with Gasteiger partial charge in [-0.05, 0) is 24.5 Å². The molecule has 146 valence electrons. The van der Waals surface area contributed by atoms with E-state index in [-0.39, 0.29) is 24.2 Å². The van der Waals surface area contributed by atoms with Crippen LogP contribution in [0.2, 0.25) is 0 Å². The second-order valence-electron chi connectivity index (χ2n) is 6.56. The van der Waals surface area contributed by atoms with Gasteiger partial charge >= 0.3 is 0 Å². The molecule has 3 N–H and O–H groups in total. The number of benzene rings is 1. The van der Waals surface area contributed by atoms with Crippen molar-refractivity contribution in [2.24, 2.45) is 5.73 Å². The number of piperazine rings is 1. The van der Waals surface area contributed by atoms with Crippen molar-refractivity contribution in [1.82, 2.24) is 9.80 Å². The number of hydrogen-bond acceptors (Lipinski definition) is 4. The molecule has 1 saturated heterocycles. The minimum absolute atomic E-state index is 0. The highest BCUT2D eigenvalue weighted by molar-refractivity contribution is 5.93. The number of anilines is 1. The molecule has 0 saturated carbocycles. The molecule has 0 aromatic heterocycles. The van der Waals surface area contributed by atoms with Crippen LogP contribution in [0.4, 0.5) is 5.69 Å². The van der Waals surface area contributed by atoms with Crippen LogP contribution in [0.25, 0.3) is 0 Å². The molecule has 0 aliphatic carbocycles. The van der Waals surface area contributed by atoms with Crippen molar-refractivity contribution < 1.29 is 9.59 Å². The van der Waals surface area contributed by atoms with Gasteiger partial charge in [0, 0.05) is 31.9 Å². The normalized spacial score (nSPS) is 15.9. The van der Waals surface area contributed by atoms with Crippen molar-refractivity contribution in [2.75, 3.05) is 38.0 Å². The highest BCUT2D eigenvalue weighted by Crippen LogP contribution is 2.15. The van der Waals surface area contributed by atoms with E-state index in [1.807, 2.05) is 36.1 Å². The second kappa shape index (κ2) is 11.2. The van der Waals surface area contributed by atoms with E-state index in [1.165, 1.54) is 0 Å². The fourth-order valence-electron chi connectivity index (χ4n) is 3.14. The quantitative estimate of drug-likeness (QED) is 0.754. The predicted octanol–water partition coefficient (Wildman–Crippen LogP) is 1.88. The monoisotopic (exact) mass is 382 g/mol. The van der Waals surface area contributed by atoms with E-state index in [2.05, 4.69) is 17.1 Å². The summed E-state index contributed by atoms with van der Waals surface area (Å²) in [7, 11) is 0. The van der Waals surface area contributed by atoms with Crippen LogP contribution in [-0.4, -0.2) is 60.4 Å². The molecule has 1 aliphatic rings. The Hall–Kier alpha value is -1.63. The summed E-state index contributed by atoms with van der Waals surface area (Å²) in [6, 6.07) is 7.47. The lowest BCUT2D eigenvalue weighted by Crippen LogP contribution is -2.54. The molecule has 7 heteroatoms. The average Bonchev–Trinajstić information content (AvgIpc) is 2.62. The molecule has 6 nitrogen and oxygen atoms in total. The summed E-state index contributed by atoms with van der Waals surface area (Å²) in [5.41, 5.74) is 7.94. The van der Waals surface area contributed by atoms with Crippen molar-refractivity contribution in [3.63, 3.8) is 0 Å². The van der Waals surface area contributed by atoms with Crippen LogP contribution in [0.5, 0.6) is 0 Å². The molecule has 1 atom stereocenters. The summed E-state index contributed by atoms with van der Waals surface area (Å²) < 4.78 is 0. The Kier molecular flexibility index (Phi) is 9.62. The Bertz CT molecular complexity index is 589. The molecular formula is C19H31ClN4O2. The predicted molar refractivity (Wildman–Crippen MR) is 108 cm³/mol. The number of hydrogen-bond donors (Lipinski definition) is 2. The van der Waals surface area contributed by atoms with Gasteiger partial charge in [-0.2, -0.15) is 0 Å². The van der Waals surface area contributed by atoms with Crippen molar-refractivity contribution >= 4 is 29.9 Å². The summed E-state index contributed by atoms with van der Waals surface area (Å²) in [6.07, 6.45) is 2.51. The number of amides is 2. The first-order valence-electron chi connectivity index (χ1n) is 9.19. The zero-order valence-electron chi connectivity index (χ0n) is 15.7. The van der Waals surface area contributed by atoms with E-state index in [1.54, 1.807) is 0 Å². The summed E-state index contributed by atoms with van der Waals surface area (Å²) >= 11 is 0. The number of aryl methyl sites for hydroxylation is 1. The van der Waals surface area contributed by atoms with Gasteiger partial charge in [-0.15, -0.1) is 12.4 Å². The smallest absolute Gasteiger partial charge is 0.239 e. The van der Waals surface area contributed by atoms with E-state index in [4.69, 9.17) is 5.73 Å². The Morgan fingerprint density at radius 1 is 1.15 bits per heavy atom. The van der Waals surface area contributed by atoms with Gasteiger partial charge in [0.1, 0.15) is 0 Å². The molecule has 1 fully saturated rings. The van der Waals surface area contributed by atoms with Crippen molar-refractivity contribution in [2.45, 2.75) is 39.2 Å². The summed E-state index contributed by atoms with van der Waals surface area (Å²) in [4.78, 5) is 28.4. The van der Waals surface area contributed by atoms with Gasteiger partial charge in [-0.1, -0.05) is 38.5 Å². The number of carbonyl (C=O) groups is 2. The summed E-state index contributed by atoms with van der Waals surface area (Å²) in [5, 5.41) is 3.00. The third-order valence-electron chi connectivity index (χ3n) is 4.64. The molecule has 1 unspecified atom stereocenters. The standard InChI is InChI=1S/C19H30N4O2.ClH/c1-3-7-16(20)19(25)23-12-10-22(11-13-23)14-18(24)21-17-9-6-5-8-15(17)4-2;/h5-6,8-9,16H,3-4,7,10-14,20H2,1-2H3,(H,21,24);1H. The molecular weight excluding hydrogens is 352 g/mol. The molecule has 1 heterocycles. The van der Waals surface area contributed by atoms with E-state index >= 15 is 0 Å². The fourth-order valence-corrected chi connectivity index (χ4v) is 3.14. The third kappa shape index (κ3) is 6.27. The number of rotatable bonds is 7. The lowest BCUT2D eigenvalue weighted by Gasteiger charge is -2.35. The van der Waals surface area contributed by atoms with Crippen LogP contribution in [0.1, 0.15) is 32.3 Å². The molecule has 1 aromatic rings. The third-order valence-corrected chi connectivity index (χ3v) is 4.64. The Labute approximate surface area is 162 Å². The number of halogens is 1. The van der Waals surface area contributed by atoms with Gasteiger partial charge < -0.3 is 16.0 Å². The summed E-state index contributed by atoms with van der Waals surface area (Å²) in [5.74, 6) is 0.0196. The van der Waals surface area contributed by atoms with Crippen LogP contribution in [-0.2, 0) is 16.0 Å². The molecule has 0 bridgehead atoms. The first-order valence-corrected chi connectivity index (χ1v) is 9.19. The van der Waals surface area contributed by atoms with Crippen LogP contribution < -0.4 is 11.1 Å². The van der Waals surface area contributed by atoms with Crippen LogP contribution in [0.3, 0.4) is 0 Å².